The van der Waals surface area contributed by atoms with E-state index in [-0.39, 0.29) is 18.4 Å². The molecule has 1 saturated heterocycles. The van der Waals surface area contributed by atoms with Gasteiger partial charge in [0.2, 0.25) is 11.8 Å². The second-order valence-electron chi connectivity index (χ2n) is 6.30. The largest absolute Gasteiger partial charge is 0.444 e. The topological polar surface area (TPSA) is 64.2 Å². The van der Waals surface area contributed by atoms with E-state index in [0.717, 1.165) is 31.5 Å². The van der Waals surface area contributed by atoms with E-state index in [9.17, 15) is 4.79 Å². The molecule has 0 bridgehead atoms. The zero-order chi connectivity index (χ0) is 17.1. The quantitative estimate of drug-likeness (QED) is 0.719. The average Bonchev–Trinajstić information content (AvgIpc) is 3.38. The first-order valence-electron chi connectivity index (χ1n) is 8.56. The fourth-order valence-corrected chi connectivity index (χ4v) is 3.34. The maximum absolute atomic E-state index is 12.7. The van der Waals surface area contributed by atoms with Gasteiger partial charge in [-0.2, -0.15) is 5.10 Å². The zero-order valence-corrected chi connectivity index (χ0v) is 13.9. The van der Waals surface area contributed by atoms with Crippen LogP contribution in [0.25, 0.3) is 11.5 Å². The molecule has 0 radical (unpaired) electrons. The van der Waals surface area contributed by atoms with Crippen molar-refractivity contribution in [3.8, 4) is 11.5 Å². The minimum absolute atomic E-state index is 0.0996. The first-order valence-corrected chi connectivity index (χ1v) is 8.56. The molecular weight excluding hydrogens is 316 g/mol. The van der Waals surface area contributed by atoms with E-state index in [2.05, 4.69) is 10.1 Å². The van der Waals surface area contributed by atoms with Crippen LogP contribution in [0.5, 0.6) is 0 Å². The lowest BCUT2D eigenvalue weighted by atomic mass is 10.2. The van der Waals surface area contributed by atoms with E-state index in [1.807, 2.05) is 52.2 Å². The summed E-state index contributed by atoms with van der Waals surface area (Å²) in [6.45, 7) is 1.54. The van der Waals surface area contributed by atoms with Gasteiger partial charge in [-0.1, -0.05) is 18.2 Å². The number of nitrogens with zero attached hydrogens (tertiary/aromatic N) is 4. The van der Waals surface area contributed by atoms with Crippen molar-refractivity contribution in [2.24, 2.45) is 0 Å². The number of hydrogen-bond donors (Lipinski definition) is 0. The molecular formula is C19H20N4O2. The molecule has 25 heavy (non-hydrogen) atoms. The Morgan fingerprint density at radius 1 is 1.24 bits per heavy atom. The highest BCUT2D eigenvalue weighted by Crippen LogP contribution is 2.22. The average molecular weight is 336 g/mol. The molecule has 6 nitrogen and oxygen atoms in total. The molecule has 1 atom stereocenters. The Bertz CT molecular complexity index is 826. The van der Waals surface area contributed by atoms with Gasteiger partial charge < -0.3 is 9.32 Å². The second kappa shape index (κ2) is 6.93. The van der Waals surface area contributed by atoms with Gasteiger partial charge in [-0.25, -0.2) is 4.98 Å². The van der Waals surface area contributed by atoms with E-state index in [1.165, 1.54) is 0 Å². The lowest BCUT2D eigenvalue weighted by Crippen LogP contribution is -2.39. The number of amides is 1. The maximum atomic E-state index is 12.7. The molecule has 0 spiro atoms. The van der Waals surface area contributed by atoms with E-state index in [0.29, 0.717) is 11.6 Å². The molecule has 3 heterocycles. The van der Waals surface area contributed by atoms with Gasteiger partial charge in [0.1, 0.15) is 6.26 Å². The summed E-state index contributed by atoms with van der Waals surface area (Å²) in [6.07, 6.45) is 7.60. The van der Waals surface area contributed by atoms with Crippen LogP contribution in [-0.4, -0.2) is 38.2 Å². The van der Waals surface area contributed by atoms with Crippen molar-refractivity contribution < 1.29 is 9.21 Å². The van der Waals surface area contributed by atoms with E-state index < -0.39 is 0 Å². The summed E-state index contributed by atoms with van der Waals surface area (Å²) < 4.78 is 7.42. The molecule has 0 N–H and O–H groups in total. The highest BCUT2D eigenvalue weighted by molar-refractivity contribution is 5.79. The third-order valence-corrected chi connectivity index (χ3v) is 4.56. The molecule has 1 aliphatic rings. The van der Waals surface area contributed by atoms with E-state index >= 15 is 0 Å². The standard InChI is InChI=1S/C19H20N4O2/c24-18(23-11-4-8-17(23)13-22-10-5-9-20-22)12-16-14-25-19(21-16)15-6-2-1-3-7-15/h1-3,5-7,9-10,14,17H,4,8,11-13H2. The van der Waals surface area contributed by atoms with Crippen LogP contribution in [0.1, 0.15) is 18.5 Å². The van der Waals surface area contributed by atoms with Crippen LogP contribution >= 0.6 is 0 Å². The summed E-state index contributed by atoms with van der Waals surface area (Å²) in [4.78, 5) is 19.1. The third-order valence-electron chi connectivity index (χ3n) is 4.56. The minimum Gasteiger partial charge on any atom is -0.444 e. The summed E-state index contributed by atoms with van der Waals surface area (Å²) in [5.74, 6) is 0.653. The van der Waals surface area contributed by atoms with E-state index in [4.69, 9.17) is 4.42 Å². The van der Waals surface area contributed by atoms with Crippen LogP contribution in [0.3, 0.4) is 0 Å². The van der Waals surface area contributed by atoms with Gasteiger partial charge in [0.05, 0.1) is 24.7 Å². The molecule has 1 fully saturated rings. The minimum atomic E-state index is 0.0996. The molecule has 1 aliphatic heterocycles. The molecule has 6 heteroatoms. The summed E-state index contributed by atoms with van der Waals surface area (Å²) >= 11 is 0. The number of rotatable bonds is 5. The van der Waals surface area contributed by atoms with Crippen molar-refractivity contribution in [3.63, 3.8) is 0 Å². The summed E-state index contributed by atoms with van der Waals surface area (Å²) in [5.41, 5.74) is 1.59. The molecule has 128 valence electrons. The van der Waals surface area contributed by atoms with Gasteiger partial charge in [-0.3, -0.25) is 9.48 Å². The van der Waals surface area contributed by atoms with Crippen LogP contribution in [0.4, 0.5) is 0 Å². The monoisotopic (exact) mass is 336 g/mol. The summed E-state index contributed by atoms with van der Waals surface area (Å²) in [7, 11) is 0. The normalized spacial score (nSPS) is 17.1. The maximum Gasteiger partial charge on any atom is 0.229 e. The molecule has 4 rings (SSSR count). The molecule has 1 unspecified atom stereocenters. The highest BCUT2D eigenvalue weighted by Gasteiger charge is 2.29. The molecule has 1 aromatic carbocycles. The third kappa shape index (κ3) is 3.47. The first kappa shape index (κ1) is 15.6. The van der Waals surface area contributed by atoms with Crippen molar-refractivity contribution in [2.75, 3.05) is 6.54 Å². The van der Waals surface area contributed by atoms with Crippen LogP contribution < -0.4 is 0 Å². The van der Waals surface area contributed by atoms with Crippen LogP contribution in [-0.2, 0) is 17.8 Å². The van der Waals surface area contributed by atoms with Crippen LogP contribution in [0.2, 0.25) is 0 Å². The van der Waals surface area contributed by atoms with Crippen molar-refractivity contribution in [1.29, 1.82) is 0 Å². The number of carbonyl (C=O) groups is 1. The molecule has 1 amide bonds. The fourth-order valence-electron chi connectivity index (χ4n) is 3.34. The number of oxazole rings is 1. The van der Waals surface area contributed by atoms with Gasteiger partial charge in [0.25, 0.3) is 0 Å². The SMILES string of the molecule is O=C(Cc1coc(-c2ccccc2)n1)N1CCCC1Cn1cccn1. The predicted molar refractivity (Wildman–Crippen MR) is 92.6 cm³/mol. The van der Waals surface area contributed by atoms with Gasteiger partial charge in [0.15, 0.2) is 0 Å². The highest BCUT2D eigenvalue weighted by atomic mass is 16.3. The Balaban J connectivity index is 1.42. The molecule has 0 saturated carbocycles. The molecule has 3 aromatic rings. The molecule has 0 aliphatic carbocycles. The molecule has 2 aromatic heterocycles. The smallest absolute Gasteiger partial charge is 0.229 e. The Morgan fingerprint density at radius 2 is 2.12 bits per heavy atom. The number of carbonyl (C=O) groups excluding carboxylic acids is 1. The van der Waals surface area contributed by atoms with Gasteiger partial charge in [-0.05, 0) is 31.0 Å². The van der Waals surface area contributed by atoms with Crippen molar-refractivity contribution in [1.82, 2.24) is 19.7 Å². The Kier molecular flexibility index (Phi) is 4.33. The van der Waals surface area contributed by atoms with Crippen molar-refractivity contribution >= 4 is 5.91 Å². The number of benzene rings is 1. The Hall–Kier alpha value is -2.89. The predicted octanol–water partition coefficient (Wildman–Crippen LogP) is 2.77. The van der Waals surface area contributed by atoms with E-state index in [1.54, 1.807) is 12.5 Å². The van der Waals surface area contributed by atoms with Crippen molar-refractivity contribution in [3.05, 3.63) is 60.7 Å². The number of likely N-dealkylation sites (tertiary alicyclic amines) is 1. The number of aromatic nitrogens is 3. The Labute approximate surface area is 146 Å². The van der Waals surface area contributed by atoms with Gasteiger partial charge >= 0.3 is 0 Å². The zero-order valence-electron chi connectivity index (χ0n) is 13.9. The lowest BCUT2D eigenvalue weighted by molar-refractivity contribution is -0.131. The van der Waals surface area contributed by atoms with Crippen LogP contribution in [0.15, 0.2) is 59.5 Å². The summed E-state index contributed by atoms with van der Waals surface area (Å²) in [6, 6.07) is 11.8. The second-order valence-corrected chi connectivity index (χ2v) is 6.30. The van der Waals surface area contributed by atoms with Gasteiger partial charge in [-0.15, -0.1) is 0 Å². The van der Waals surface area contributed by atoms with Crippen molar-refractivity contribution in [2.45, 2.75) is 31.8 Å². The van der Waals surface area contributed by atoms with Gasteiger partial charge in [0, 0.05) is 24.5 Å². The first-order chi connectivity index (χ1) is 12.3. The Morgan fingerprint density at radius 3 is 2.92 bits per heavy atom. The summed E-state index contributed by atoms with van der Waals surface area (Å²) in [5, 5.41) is 4.25. The number of hydrogen-bond acceptors (Lipinski definition) is 4. The lowest BCUT2D eigenvalue weighted by Gasteiger charge is -2.24. The van der Waals surface area contributed by atoms with Crippen LogP contribution in [0, 0.1) is 0 Å². The fraction of sp³-hybridized carbons (Fsp3) is 0.316.